The molecule has 1 aliphatic rings. The van der Waals surface area contributed by atoms with Gasteiger partial charge in [-0.2, -0.15) is 0 Å². The largest absolute Gasteiger partial charge is 0.494 e. The number of hydrogen-bond acceptors (Lipinski definition) is 4. The van der Waals surface area contributed by atoms with E-state index in [1.807, 2.05) is 61.5 Å². The molecule has 0 bridgehead atoms. The predicted molar refractivity (Wildman–Crippen MR) is 107 cm³/mol. The molecule has 0 aliphatic carbocycles. The fourth-order valence-electron chi connectivity index (χ4n) is 2.30. The summed E-state index contributed by atoms with van der Waals surface area (Å²) in [5.41, 5.74) is 1.70. The van der Waals surface area contributed by atoms with Gasteiger partial charge < -0.3 is 4.74 Å². The predicted octanol–water partition coefficient (Wildman–Crippen LogP) is 5.25. The number of carbonyl (C=O) groups excluding carboxylic acids is 1. The number of carbonyl (C=O) groups is 1. The van der Waals surface area contributed by atoms with Crippen molar-refractivity contribution < 1.29 is 9.53 Å². The monoisotopic (exact) mass is 419 g/mol. The Morgan fingerprint density at radius 1 is 1.25 bits per heavy atom. The molecular weight excluding hydrogens is 406 g/mol. The van der Waals surface area contributed by atoms with Gasteiger partial charge >= 0.3 is 0 Å². The SMILES string of the molecule is CCOc1ccc(N2C(=O)/C(=C/c3cccc(Br)c3)SC2=S)cc1. The van der Waals surface area contributed by atoms with Crippen LogP contribution in [0.1, 0.15) is 12.5 Å². The number of benzene rings is 2. The number of thioether (sulfide) groups is 1. The van der Waals surface area contributed by atoms with E-state index in [0.29, 0.717) is 15.8 Å². The number of nitrogens with zero attached hydrogens (tertiary/aromatic N) is 1. The Balaban J connectivity index is 1.86. The zero-order valence-corrected chi connectivity index (χ0v) is 16.1. The smallest absolute Gasteiger partial charge is 0.270 e. The van der Waals surface area contributed by atoms with Gasteiger partial charge in [-0.05, 0) is 55.0 Å². The molecule has 3 nitrogen and oxygen atoms in total. The molecule has 6 heteroatoms. The second-order valence-electron chi connectivity index (χ2n) is 5.00. The highest BCUT2D eigenvalue weighted by Crippen LogP contribution is 2.36. The van der Waals surface area contributed by atoms with Gasteiger partial charge in [0.2, 0.25) is 0 Å². The Morgan fingerprint density at radius 2 is 2.00 bits per heavy atom. The molecule has 0 unspecified atom stereocenters. The number of ether oxygens (including phenoxy) is 1. The lowest BCUT2D eigenvalue weighted by molar-refractivity contribution is -0.113. The van der Waals surface area contributed by atoms with Crippen LogP contribution in [0.4, 0.5) is 5.69 Å². The highest BCUT2D eigenvalue weighted by molar-refractivity contribution is 9.10. The van der Waals surface area contributed by atoms with E-state index in [-0.39, 0.29) is 5.91 Å². The van der Waals surface area contributed by atoms with E-state index in [0.717, 1.165) is 21.5 Å². The first-order valence-electron chi connectivity index (χ1n) is 7.35. The standard InChI is InChI=1S/C18H14BrNO2S2/c1-2-22-15-8-6-14(7-9-15)20-17(21)16(24-18(20)23)11-12-4-3-5-13(19)10-12/h3-11H,2H2,1H3/b16-11-. The summed E-state index contributed by atoms with van der Waals surface area (Å²) in [6.07, 6.45) is 1.86. The minimum absolute atomic E-state index is 0.103. The molecule has 0 radical (unpaired) electrons. The molecule has 1 amide bonds. The van der Waals surface area contributed by atoms with E-state index in [1.165, 1.54) is 11.8 Å². The Kier molecular flexibility index (Phi) is 5.38. The average Bonchev–Trinajstić information content (AvgIpc) is 2.83. The highest BCUT2D eigenvalue weighted by Gasteiger charge is 2.33. The third-order valence-corrected chi connectivity index (χ3v) is 5.14. The molecular formula is C18H14BrNO2S2. The molecule has 0 atom stereocenters. The maximum atomic E-state index is 12.7. The quantitative estimate of drug-likeness (QED) is 0.499. The number of anilines is 1. The molecule has 0 N–H and O–H groups in total. The van der Waals surface area contributed by atoms with Crippen LogP contribution in [0.2, 0.25) is 0 Å². The molecule has 1 saturated heterocycles. The summed E-state index contributed by atoms with van der Waals surface area (Å²) >= 11 is 10.1. The van der Waals surface area contributed by atoms with Gasteiger partial charge in [-0.1, -0.05) is 52.0 Å². The second-order valence-corrected chi connectivity index (χ2v) is 7.59. The maximum absolute atomic E-state index is 12.7. The van der Waals surface area contributed by atoms with Gasteiger partial charge in [0.25, 0.3) is 5.91 Å². The fourth-order valence-corrected chi connectivity index (χ4v) is 4.01. The summed E-state index contributed by atoms with van der Waals surface area (Å²) in [6, 6.07) is 15.2. The number of amides is 1. The summed E-state index contributed by atoms with van der Waals surface area (Å²) in [5.74, 6) is 0.672. The van der Waals surface area contributed by atoms with E-state index in [9.17, 15) is 4.79 Å². The van der Waals surface area contributed by atoms with Gasteiger partial charge in [0.05, 0.1) is 17.2 Å². The molecule has 24 heavy (non-hydrogen) atoms. The van der Waals surface area contributed by atoms with E-state index in [1.54, 1.807) is 4.90 Å². The van der Waals surface area contributed by atoms with Crippen molar-refractivity contribution in [3.8, 4) is 5.75 Å². The Bertz CT molecular complexity index is 818. The normalized spacial score (nSPS) is 16.1. The van der Waals surface area contributed by atoms with Crippen molar-refractivity contribution in [3.63, 3.8) is 0 Å². The zero-order chi connectivity index (χ0) is 17.1. The van der Waals surface area contributed by atoms with Gasteiger partial charge in [-0.3, -0.25) is 9.69 Å². The third kappa shape index (κ3) is 3.71. The molecule has 2 aromatic carbocycles. The summed E-state index contributed by atoms with van der Waals surface area (Å²) in [7, 11) is 0. The average molecular weight is 420 g/mol. The van der Waals surface area contributed by atoms with Crippen molar-refractivity contribution >= 4 is 61.9 Å². The molecule has 3 rings (SSSR count). The van der Waals surface area contributed by atoms with Gasteiger partial charge in [0.15, 0.2) is 4.32 Å². The number of halogens is 1. The van der Waals surface area contributed by atoms with E-state index in [4.69, 9.17) is 17.0 Å². The van der Waals surface area contributed by atoms with E-state index < -0.39 is 0 Å². The van der Waals surface area contributed by atoms with Crippen LogP contribution in [0.15, 0.2) is 57.9 Å². The molecule has 0 aromatic heterocycles. The highest BCUT2D eigenvalue weighted by atomic mass is 79.9. The molecule has 2 aromatic rings. The molecule has 1 heterocycles. The fraction of sp³-hybridized carbons (Fsp3) is 0.111. The first-order chi connectivity index (χ1) is 11.6. The summed E-state index contributed by atoms with van der Waals surface area (Å²) < 4.78 is 6.93. The molecule has 1 aliphatic heterocycles. The molecule has 122 valence electrons. The Hall–Kier alpha value is -1.63. The second kappa shape index (κ2) is 7.51. The van der Waals surface area contributed by atoms with Crippen LogP contribution in [0.25, 0.3) is 6.08 Å². The number of rotatable bonds is 4. The van der Waals surface area contributed by atoms with Crippen LogP contribution < -0.4 is 9.64 Å². The first-order valence-corrected chi connectivity index (χ1v) is 9.36. The number of thiocarbonyl (C=S) groups is 1. The molecule has 1 fully saturated rings. The lowest BCUT2D eigenvalue weighted by Gasteiger charge is -2.15. The molecule has 0 saturated carbocycles. The zero-order valence-electron chi connectivity index (χ0n) is 12.9. The minimum atomic E-state index is -0.103. The van der Waals surface area contributed by atoms with Crippen LogP contribution >= 0.6 is 39.9 Å². The van der Waals surface area contributed by atoms with Crippen LogP contribution in [-0.4, -0.2) is 16.8 Å². The Labute approximate surface area is 158 Å². The molecule has 0 spiro atoms. The van der Waals surface area contributed by atoms with Crippen molar-refractivity contribution in [2.45, 2.75) is 6.92 Å². The van der Waals surface area contributed by atoms with Gasteiger partial charge in [-0.25, -0.2) is 0 Å². The maximum Gasteiger partial charge on any atom is 0.270 e. The van der Waals surface area contributed by atoms with Crippen molar-refractivity contribution in [2.75, 3.05) is 11.5 Å². The minimum Gasteiger partial charge on any atom is -0.494 e. The number of hydrogen-bond donors (Lipinski definition) is 0. The van der Waals surface area contributed by atoms with Gasteiger partial charge in [0, 0.05) is 4.47 Å². The van der Waals surface area contributed by atoms with Crippen LogP contribution in [-0.2, 0) is 4.79 Å². The van der Waals surface area contributed by atoms with Crippen molar-refractivity contribution in [3.05, 3.63) is 63.5 Å². The van der Waals surface area contributed by atoms with Crippen LogP contribution in [0.3, 0.4) is 0 Å². The van der Waals surface area contributed by atoms with Crippen LogP contribution in [0.5, 0.6) is 5.75 Å². The Morgan fingerprint density at radius 3 is 2.67 bits per heavy atom. The summed E-state index contributed by atoms with van der Waals surface area (Å²) in [5, 5.41) is 0. The van der Waals surface area contributed by atoms with Crippen molar-refractivity contribution in [2.24, 2.45) is 0 Å². The summed E-state index contributed by atoms with van der Waals surface area (Å²) in [4.78, 5) is 14.9. The van der Waals surface area contributed by atoms with Gasteiger partial charge in [-0.15, -0.1) is 0 Å². The topological polar surface area (TPSA) is 29.5 Å². The van der Waals surface area contributed by atoms with E-state index in [2.05, 4.69) is 15.9 Å². The summed E-state index contributed by atoms with van der Waals surface area (Å²) in [6.45, 7) is 2.54. The van der Waals surface area contributed by atoms with Crippen molar-refractivity contribution in [1.29, 1.82) is 0 Å². The van der Waals surface area contributed by atoms with Crippen LogP contribution in [0, 0.1) is 0 Å². The van der Waals surface area contributed by atoms with Gasteiger partial charge in [0.1, 0.15) is 5.75 Å². The third-order valence-electron chi connectivity index (χ3n) is 3.35. The van der Waals surface area contributed by atoms with E-state index >= 15 is 0 Å². The first kappa shape index (κ1) is 17.2. The lowest BCUT2D eigenvalue weighted by atomic mass is 10.2. The lowest BCUT2D eigenvalue weighted by Crippen LogP contribution is -2.27. The van der Waals surface area contributed by atoms with Crippen molar-refractivity contribution in [1.82, 2.24) is 0 Å².